The first kappa shape index (κ1) is 17.5. The average Bonchev–Trinajstić information content (AvgIpc) is 2.39. The fraction of sp³-hybridized carbons (Fsp3) is 0.714. The van der Waals surface area contributed by atoms with Gasteiger partial charge in [-0.05, 0) is 26.7 Å². The standard InChI is InChI=1S/C14H23F3N4/c1-4-7-11-20-12(18-5-2)10(3)13(21-11)19-9-6-8-14(15,16)17/h4-9H2,1-3H3,(H2,18,19,20,21). The number of anilines is 2. The van der Waals surface area contributed by atoms with Gasteiger partial charge in [-0.2, -0.15) is 13.2 Å². The summed E-state index contributed by atoms with van der Waals surface area (Å²) in [5.41, 5.74) is 0.837. The van der Waals surface area contributed by atoms with Crippen LogP contribution in [0.5, 0.6) is 0 Å². The predicted molar refractivity (Wildman–Crippen MR) is 78.7 cm³/mol. The Bertz CT molecular complexity index is 447. The highest BCUT2D eigenvalue weighted by molar-refractivity contribution is 5.57. The van der Waals surface area contributed by atoms with Crippen molar-refractivity contribution in [1.82, 2.24) is 9.97 Å². The first-order chi connectivity index (χ1) is 9.87. The number of nitrogens with one attached hydrogen (secondary N) is 2. The van der Waals surface area contributed by atoms with Gasteiger partial charge in [0.25, 0.3) is 0 Å². The molecule has 0 bridgehead atoms. The van der Waals surface area contributed by atoms with Crippen LogP contribution in [0.4, 0.5) is 24.8 Å². The van der Waals surface area contributed by atoms with Crippen LogP contribution in [0.3, 0.4) is 0 Å². The van der Waals surface area contributed by atoms with Gasteiger partial charge in [0, 0.05) is 31.5 Å². The molecule has 0 amide bonds. The number of aryl methyl sites for hydroxylation is 1. The van der Waals surface area contributed by atoms with Gasteiger partial charge in [-0.15, -0.1) is 0 Å². The van der Waals surface area contributed by atoms with Gasteiger partial charge < -0.3 is 10.6 Å². The summed E-state index contributed by atoms with van der Waals surface area (Å²) < 4.78 is 36.4. The maximum Gasteiger partial charge on any atom is 0.389 e. The minimum absolute atomic E-state index is 0.0343. The van der Waals surface area contributed by atoms with Crippen LogP contribution in [0.1, 0.15) is 44.5 Å². The molecule has 0 aliphatic carbocycles. The maximum absolute atomic E-state index is 12.1. The van der Waals surface area contributed by atoms with E-state index in [2.05, 4.69) is 20.6 Å². The number of nitrogens with zero attached hydrogens (tertiary/aromatic N) is 2. The van der Waals surface area contributed by atoms with Crippen molar-refractivity contribution in [2.24, 2.45) is 0 Å². The molecule has 1 rings (SSSR count). The van der Waals surface area contributed by atoms with Crippen LogP contribution in [-0.2, 0) is 6.42 Å². The summed E-state index contributed by atoms with van der Waals surface area (Å²) in [7, 11) is 0. The zero-order valence-electron chi connectivity index (χ0n) is 12.8. The molecule has 0 radical (unpaired) electrons. The Kier molecular flexibility index (Phi) is 6.71. The van der Waals surface area contributed by atoms with E-state index in [1.807, 2.05) is 20.8 Å². The number of alkyl halides is 3. The molecule has 4 nitrogen and oxygen atoms in total. The zero-order valence-corrected chi connectivity index (χ0v) is 12.8. The third-order valence-electron chi connectivity index (χ3n) is 2.94. The molecular weight excluding hydrogens is 281 g/mol. The molecule has 0 aliphatic rings. The number of hydrogen-bond acceptors (Lipinski definition) is 4. The Morgan fingerprint density at radius 1 is 1.05 bits per heavy atom. The summed E-state index contributed by atoms with van der Waals surface area (Å²) >= 11 is 0. The molecule has 0 fully saturated rings. The third kappa shape index (κ3) is 6.18. The van der Waals surface area contributed by atoms with Crippen molar-refractivity contribution >= 4 is 11.6 Å². The van der Waals surface area contributed by atoms with E-state index < -0.39 is 12.6 Å². The molecule has 0 aromatic carbocycles. The van der Waals surface area contributed by atoms with E-state index in [0.29, 0.717) is 11.6 Å². The molecule has 0 spiro atoms. The van der Waals surface area contributed by atoms with Crippen molar-refractivity contribution in [1.29, 1.82) is 0 Å². The monoisotopic (exact) mass is 304 g/mol. The first-order valence-electron chi connectivity index (χ1n) is 7.29. The Hall–Kier alpha value is -1.53. The molecule has 120 valence electrons. The molecule has 0 atom stereocenters. The van der Waals surface area contributed by atoms with Crippen molar-refractivity contribution < 1.29 is 13.2 Å². The quantitative estimate of drug-likeness (QED) is 0.715. The van der Waals surface area contributed by atoms with Gasteiger partial charge >= 0.3 is 6.18 Å². The highest BCUT2D eigenvalue weighted by atomic mass is 19.4. The highest BCUT2D eigenvalue weighted by Gasteiger charge is 2.25. The van der Waals surface area contributed by atoms with E-state index >= 15 is 0 Å². The third-order valence-corrected chi connectivity index (χ3v) is 2.94. The van der Waals surface area contributed by atoms with Crippen molar-refractivity contribution in [3.05, 3.63) is 11.4 Å². The molecule has 1 heterocycles. The summed E-state index contributed by atoms with van der Waals surface area (Å²) in [4.78, 5) is 8.83. The van der Waals surface area contributed by atoms with Gasteiger partial charge in [-0.3, -0.25) is 0 Å². The lowest BCUT2D eigenvalue weighted by Crippen LogP contribution is -2.14. The molecule has 0 saturated heterocycles. The van der Waals surface area contributed by atoms with Gasteiger partial charge in [0.2, 0.25) is 0 Å². The lowest BCUT2D eigenvalue weighted by molar-refractivity contribution is -0.134. The summed E-state index contributed by atoms with van der Waals surface area (Å²) in [6.45, 7) is 6.84. The summed E-state index contributed by atoms with van der Waals surface area (Å²) in [6, 6.07) is 0. The second kappa shape index (κ2) is 8.05. The summed E-state index contributed by atoms with van der Waals surface area (Å²) in [5, 5.41) is 6.15. The Balaban J connectivity index is 2.74. The Morgan fingerprint density at radius 3 is 2.19 bits per heavy atom. The van der Waals surface area contributed by atoms with Crippen LogP contribution < -0.4 is 10.6 Å². The van der Waals surface area contributed by atoms with E-state index in [9.17, 15) is 13.2 Å². The minimum Gasteiger partial charge on any atom is -0.370 e. The Morgan fingerprint density at radius 2 is 1.67 bits per heavy atom. The van der Waals surface area contributed by atoms with E-state index in [0.717, 1.165) is 30.8 Å². The fourth-order valence-electron chi connectivity index (χ4n) is 1.91. The zero-order chi connectivity index (χ0) is 15.9. The first-order valence-corrected chi connectivity index (χ1v) is 7.29. The molecule has 0 aliphatic heterocycles. The lowest BCUT2D eigenvalue weighted by atomic mass is 10.2. The lowest BCUT2D eigenvalue weighted by Gasteiger charge is -2.14. The summed E-state index contributed by atoms with van der Waals surface area (Å²) in [5.74, 6) is 2.07. The molecule has 7 heteroatoms. The van der Waals surface area contributed by atoms with E-state index in [1.54, 1.807) is 0 Å². The topological polar surface area (TPSA) is 49.8 Å². The molecule has 0 saturated carbocycles. The molecule has 0 unspecified atom stereocenters. The predicted octanol–water partition coefficient (Wildman–Crippen LogP) is 3.92. The van der Waals surface area contributed by atoms with Crippen molar-refractivity contribution in [3.8, 4) is 0 Å². The van der Waals surface area contributed by atoms with Crippen LogP contribution in [0.15, 0.2) is 0 Å². The van der Waals surface area contributed by atoms with Crippen molar-refractivity contribution in [2.45, 2.75) is 52.6 Å². The van der Waals surface area contributed by atoms with Gasteiger partial charge in [0.05, 0.1) is 0 Å². The van der Waals surface area contributed by atoms with Gasteiger partial charge in [0.15, 0.2) is 0 Å². The number of halogens is 3. The van der Waals surface area contributed by atoms with Gasteiger partial charge in [-0.25, -0.2) is 9.97 Å². The minimum atomic E-state index is -4.11. The van der Waals surface area contributed by atoms with Crippen LogP contribution >= 0.6 is 0 Å². The molecule has 1 aromatic rings. The molecular formula is C14H23F3N4. The fourth-order valence-corrected chi connectivity index (χ4v) is 1.91. The number of hydrogen-bond donors (Lipinski definition) is 2. The van der Waals surface area contributed by atoms with E-state index in [4.69, 9.17) is 0 Å². The Labute approximate surface area is 123 Å². The second-order valence-electron chi connectivity index (χ2n) is 4.89. The van der Waals surface area contributed by atoms with E-state index in [-0.39, 0.29) is 13.0 Å². The number of rotatable bonds is 8. The normalized spacial score (nSPS) is 11.5. The van der Waals surface area contributed by atoms with Gasteiger partial charge in [-0.1, -0.05) is 6.92 Å². The second-order valence-corrected chi connectivity index (χ2v) is 4.89. The maximum atomic E-state index is 12.1. The van der Waals surface area contributed by atoms with Crippen molar-refractivity contribution in [3.63, 3.8) is 0 Å². The van der Waals surface area contributed by atoms with Crippen molar-refractivity contribution in [2.75, 3.05) is 23.7 Å². The van der Waals surface area contributed by atoms with Gasteiger partial charge in [0.1, 0.15) is 17.5 Å². The molecule has 21 heavy (non-hydrogen) atoms. The van der Waals surface area contributed by atoms with Crippen LogP contribution in [0.25, 0.3) is 0 Å². The smallest absolute Gasteiger partial charge is 0.370 e. The van der Waals surface area contributed by atoms with Crippen LogP contribution in [0.2, 0.25) is 0 Å². The molecule has 2 N–H and O–H groups in total. The number of aromatic nitrogens is 2. The average molecular weight is 304 g/mol. The van der Waals surface area contributed by atoms with Crippen LogP contribution in [-0.4, -0.2) is 29.2 Å². The van der Waals surface area contributed by atoms with Crippen LogP contribution in [0, 0.1) is 6.92 Å². The SMILES string of the molecule is CCCc1nc(NCC)c(C)c(NCCCC(F)(F)F)n1. The largest absolute Gasteiger partial charge is 0.389 e. The van der Waals surface area contributed by atoms with E-state index in [1.165, 1.54) is 0 Å². The highest BCUT2D eigenvalue weighted by Crippen LogP contribution is 2.23. The summed E-state index contributed by atoms with van der Waals surface area (Å²) in [6.07, 6.45) is -3.19. The molecule has 1 aromatic heterocycles.